The molecular formula is C14H20N6O3S. The number of sulfonamides is 1. The van der Waals surface area contributed by atoms with Gasteiger partial charge in [0.2, 0.25) is 10.0 Å². The summed E-state index contributed by atoms with van der Waals surface area (Å²) in [6.07, 6.45) is 4.13. The van der Waals surface area contributed by atoms with Crippen molar-refractivity contribution >= 4 is 16.1 Å². The molecule has 9 nitrogen and oxygen atoms in total. The molecule has 1 aromatic heterocycles. The minimum atomic E-state index is -3.24. The maximum absolute atomic E-state index is 11.8. The van der Waals surface area contributed by atoms with E-state index in [-0.39, 0.29) is 25.2 Å². The molecule has 0 saturated carbocycles. The van der Waals surface area contributed by atoms with Crippen LogP contribution in [0.5, 0.6) is 0 Å². The summed E-state index contributed by atoms with van der Waals surface area (Å²) in [6.45, 7) is 2.21. The van der Waals surface area contributed by atoms with Crippen LogP contribution in [-0.2, 0) is 10.0 Å². The molecule has 24 heavy (non-hydrogen) atoms. The summed E-state index contributed by atoms with van der Waals surface area (Å²) in [5.41, 5.74) is 1.81. The summed E-state index contributed by atoms with van der Waals surface area (Å²) in [4.78, 5) is 15.7. The Morgan fingerprint density at radius 3 is 2.54 bits per heavy atom. The van der Waals surface area contributed by atoms with Crippen molar-refractivity contribution < 1.29 is 13.2 Å². The van der Waals surface area contributed by atoms with E-state index in [1.54, 1.807) is 11.0 Å². The van der Waals surface area contributed by atoms with Gasteiger partial charge in [-0.3, -0.25) is 0 Å². The van der Waals surface area contributed by atoms with E-state index in [1.807, 2.05) is 31.2 Å². The molecule has 2 aromatic rings. The van der Waals surface area contributed by atoms with Crippen LogP contribution in [0.4, 0.5) is 4.79 Å². The van der Waals surface area contributed by atoms with Gasteiger partial charge < -0.3 is 10.6 Å². The SMILES string of the molecule is C[C@H](NC(=O)NCCNS(C)(=O)=O)c1ccc(-n2cncn2)cc1. The molecule has 130 valence electrons. The van der Waals surface area contributed by atoms with Crippen molar-refractivity contribution in [3.05, 3.63) is 42.5 Å². The summed E-state index contributed by atoms with van der Waals surface area (Å²) in [7, 11) is -3.24. The lowest BCUT2D eigenvalue weighted by atomic mass is 10.1. The largest absolute Gasteiger partial charge is 0.337 e. The molecule has 1 aromatic carbocycles. The Hall–Kier alpha value is -2.46. The Balaban J connectivity index is 1.81. The van der Waals surface area contributed by atoms with Crippen LogP contribution >= 0.6 is 0 Å². The van der Waals surface area contributed by atoms with Crippen LogP contribution < -0.4 is 15.4 Å². The number of carbonyl (C=O) groups excluding carboxylic acids is 1. The van der Waals surface area contributed by atoms with Crippen LogP contribution in [0.2, 0.25) is 0 Å². The highest BCUT2D eigenvalue weighted by atomic mass is 32.2. The number of amides is 2. The van der Waals surface area contributed by atoms with Crippen LogP contribution in [0.25, 0.3) is 5.69 Å². The molecule has 2 amide bonds. The molecule has 0 spiro atoms. The number of hydrogen-bond donors (Lipinski definition) is 3. The predicted octanol–water partition coefficient (Wildman–Crippen LogP) is 0.177. The van der Waals surface area contributed by atoms with Gasteiger partial charge in [-0.15, -0.1) is 0 Å². The maximum atomic E-state index is 11.8. The second-order valence-electron chi connectivity index (χ2n) is 5.22. The van der Waals surface area contributed by atoms with Gasteiger partial charge in [0.05, 0.1) is 18.0 Å². The fourth-order valence-corrected chi connectivity index (χ4v) is 2.47. The minimum absolute atomic E-state index is 0.146. The summed E-state index contributed by atoms with van der Waals surface area (Å²) >= 11 is 0. The average molecular weight is 352 g/mol. The number of benzene rings is 1. The Kier molecular flexibility index (Phi) is 5.88. The number of carbonyl (C=O) groups is 1. The lowest BCUT2D eigenvalue weighted by molar-refractivity contribution is 0.238. The van der Waals surface area contributed by atoms with Crippen LogP contribution in [0.1, 0.15) is 18.5 Å². The second kappa shape index (κ2) is 7.88. The van der Waals surface area contributed by atoms with E-state index in [4.69, 9.17) is 0 Å². The van der Waals surface area contributed by atoms with Crippen molar-refractivity contribution in [1.29, 1.82) is 0 Å². The second-order valence-corrected chi connectivity index (χ2v) is 7.05. The topological polar surface area (TPSA) is 118 Å². The van der Waals surface area contributed by atoms with Crippen molar-refractivity contribution in [2.24, 2.45) is 0 Å². The van der Waals surface area contributed by atoms with Gasteiger partial charge in [-0.1, -0.05) is 12.1 Å². The number of rotatable bonds is 7. The van der Waals surface area contributed by atoms with Crippen LogP contribution in [-0.4, -0.2) is 48.6 Å². The summed E-state index contributed by atoms with van der Waals surface area (Å²) < 4.78 is 25.7. The van der Waals surface area contributed by atoms with E-state index >= 15 is 0 Å². The van der Waals surface area contributed by atoms with Gasteiger partial charge in [0.15, 0.2) is 0 Å². The lowest BCUT2D eigenvalue weighted by Crippen LogP contribution is -2.41. The molecule has 0 saturated heterocycles. The van der Waals surface area contributed by atoms with E-state index in [1.165, 1.54) is 6.33 Å². The van der Waals surface area contributed by atoms with E-state index in [2.05, 4.69) is 25.4 Å². The van der Waals surface area contributed by atoms with Crippen molar-refractivity contribution in [3.63, 3.8) is 0 Å². The highest BCUT2D eigenvalue weighted by Crippen LogP contribution is 2.14. The molecule has 0 unspecified atom stereocenters. The number of hydrogen-bond acceptors (Lipinski definition) is 5. The molecule has 0 radical (unpaired) electrons. The van der Waals surface area contributed by atoms with Crippen LogP contribution in [0.15, 0.2) is 36.9 Å². The van der Waals surface area contributed by atoms with E-state index in [9.17, 15) is 13.2 Å². The average Bonchev–Trinajstić information content (AvgIpc) is 3.05. The van der Waals surface area contributed by atoms with Crippen molar-refractivity contribution in [2.75, 3.05) is 19.3 Å². The Morgan fingerprint density at radius 2 is 1.96 bits per heavy atom. The van der Waals surface area contributed by atoms with Gasteiger partial charge in [-0.2, -0.15) is 5.10 Å². The van der Waals surface area contributed by atoms with Gasteiger partial charge in [0.1, 0.15) is 12.7 Å². The fraction of sp³-hybridized carbons (Fsp3) is 0.357. The van der Waals surface area contributed by atoms with Gasteiger partial charge in [-0.05, 0) is 24.6 Å². The maximum Gasteiger partial charge on any atom is 0.315 e. The zero-order valence-corrected chi connectivity index (χ0v) is 14.2. The van der Waals surface area contributed by atoms with Crippen LogP contribution in [0, 0.1) is 0 Å². The molecule has 0 aliphatic carbocycles. The van der Waals surface area contributed by atoms with Crippen LogP contribution in [0.3, 0.4) is 0 Å². The molecule has 0 fully saturated rings. The first-order valence-electron chi connectivity index (χ1n) is 7.29. The van der Waals surface area contributed by atoms with Gasteiger partial charge in [0.25, 0.3) is 0 Å². The standard InChI is InChI=1S/C14H20N6O3S/c1-11(19-14(21)16-7-8-18-24(2,22)23)12-3-5-13(6-4-12)20-10-15-9-17-20/h3-6,9-11,18H,7-8H2,1-2H3,(H2,16,19,21)/t11-/m0/s1. The lowest BCUT2D eigenvalue weighted by Gasteiger charge is -2.15. The molecule has 3 N–H and O–H groups in total. The molecule has 0 aliphatic heterocycles. The third-order valence-electron chi connectivity index (χ3n) is 3.20. The summed E-state index contributed by atoms with van der Waals surface area (Å²) in [5.74, 6) is 0. The zero-order valence-electron chi connectivity index (χ0n) is 13.4. The Morgan fingerprint density at radius 1 is 1.25 bits per heavy atom. The first-order valence-corrected chi connectivity index (χ1v) is 9.18. The first kappa shape index (κ1) is 17.9. The highest BCUT2D eigenvalue weighted by Gasteiger charge is 2.09. The molecule has 1 atom stereocenters. The monoisotopic (exact) mass is 352 g/mol. The number of nitrogens with zero attached hydrogens (tertiary/aromatic N) is 3. The van der Waals surface area contributed by atoms with Gasteiger partial charge >= 0.3 is 6.03 Å². The van der Waals surface area contributed by atoms with Gasteiger partial charge in [0, 0.05) is 13.1 Å². The normalized spacial score (nSPS) is 12.6. The third-order valence-corrected chi connectivity index (χ3v) is 3.93. The van der Waals surface area contributed by atoms with E-state index < -0.39 is 10.0 Å². The van der Waals surface area contributed by atoms with Crippen molar-refractivity contribution in [1.82, 2.24) is 30.1 Å². The van der Waals surface area contributed by atoms with Gasteiger partial charge in [-0.25, -0.2) is 27.6 Å². The van der Waals surface area contributed by atoms with E-state index in [0.29, 0.717) is 0 Å². The molecule has 10 heteroatoms. The molecule has 2 rings (SSSR count). The number of urea groups is 1. The fourth-order valence-electron chi connectivity index (χ4n) is 2.00. The molecular weight excluding hydrogens is 332 g/mol. The predicted molar refractivity (Wildman–Crippen MR) is 89.2 cm³/mol. The smallest absolute Gasteiger partial charge is 0.315 e. The quantitative estimate of drug-likeness (QED) is 0.614. The number of nitrogens with one attached hydrogen (secondary N) is 3. The third kappa shape index (κ3) is 5.63. The minimum Gasteiger partial charge on any atom is -0.337 e. The molecule has 1 heterocycles. The first-order chi connectivity index (χ1) is 11.3. The molecule has 0 aliphatic rings. The number of aromatic nitrogens is 3. The highest BCUT2D eigenvalue weighted by molar-refractivity contribution is 7.88. The Labute approximate surface area is 140 Å². The van der Waals surface area contributed by atoms with Crippen molar-refractivity contribution in [2.45, 2.75) is 13.0 Å². The zero-order chi connectivity index (χ0) is 17.6. The van der Waals surface area contributed by atoms with E-state index in [0.717, 1.165) is 17.5 Å². The van der Waals surface area contributed by atoms with Crippen molar-refractivity contribution in [3.8, 4) is 5.69 Å². The Bertz CT molecular complexity index is 758. The summed E-state index contributed by atoms with van der Waals surface area (Å²) in [5, 5.41) is 9.42. The summed E-state index contributed by atoms with van der Waals surface area (Å²) in [6, 6.07) is 7.00. The molecule has 0 bridgehead atoms.